The Morgan fingerprint density at radius 3 is 1.94 bits per heavy atom. The van der Waals surface area contributed by atoms with Crippen molar-refractivity contribution in [1.82, 2.24) is 4.98 Å². The zero-order valence-corrected chi connectivity index (χ0v) is 20.9. The Bertz CT molecular complexity index is 965. The van der Waals surface area contributed by atoms with Crippen LogP contribution in [0, 0.1) is 0 Å². The summed E-state index contributed by atoms with van der Waals surface area (Å²) in [6, 6.07) is 14.4. The van der Waals surface area contributed by atoms with Gasteiger partial charge in [-0.25, -0.2) is 4.98 Å². The van der Waals surface area contributed by atoms with Crippen LogP contribution in [-0.4, -0.2) is 85.1 Å². The predicted octanol–water partition coefficient (Wildman–Crippen LogP) is 3.43. The highest BCUT2D eigenvalue weighted by Crippen LogP contribution is 2.33. The lowest BCUT2D eigenvalue weighted by Crippen LogP contribution is -2.15. The topological polar surface area (TPSA) is 88.3 Å². The first-order valence-electron chi connectivity index (χ1n) is 11.5. The number of hydrogen-bond donors (Lipinski definition) is 1. The van der Waals surface area contributed by atoms with Gasteiger partial charge in [0.15, 0.2) is 0 Å². The van der Waals surface area contributed by atoms with Crippen LogP contribution in [0.2, 0.25) is 0 Å². The quantitative estimate of drug-likeness (QED) is 0.289. The summed E-state index contributed by atoms with van der Waals surface area (Å²) in [5.74, 6) is 0.818. The summed E-state index contributed by atoms with van der Waals surface area (Å²) in [6.07, 6.45) is 0. The SMILES string of the molecule is CN(C)c1ccc(-c2nc3ccc(OCCOCCOCCOCCOCCN)cc3s2)cc1. The Kier molecular flexibility index (Phi) is 11.5. The molecule has 0 saturated carbocycles. The largest absolute Gasteiger partial charge is 0.491 e. The molecule has 0 fully saturated rings. The maximum atomic E-state index is 5.84. The van der Waals surface area contributed by atoms with Crippen LogP contribution in [0.5, 0.6) is 5.75 Å². The second-order valence-electron chi connectivity index (χ2n) is 7.68. The van der Waals surface area contributed by atoms with Crippen molar-refractivity contribution in [3.63, 3.8) is 0 Å². The first-order valence-corrected chi connectivity index (χ1v) is 12.3. The zero-order valence-electron chi connectivity index (χ0n) is 20.0. The Morgan fingerprint density at radius 2 is 1.35 bits per heavy atom. The van der Waals surface area contributed by atoms with Gasteiger partial charge in [0.25, 0.3) is 0 Å². The normalized spacial score (nSPS) is 11.3. The molecule has 0 unspecified atom stereocenters. The fourth-order valence-corrected chi connectivity index (χ4v) is 4.08. The Balaban J connectivity index is 1.29. The lowest BCUT2D eigenvalue weighted by molar-refractivity contribution is -0.00386. The summed E-state index contributed by atoms with van der Waals surface area (Å²) in [5, 5.41) is 1.01. The van der Waals surface area contributed by atoms with Gasteiger partial charge in [-0.05, 0) is 42.5 Å². The molecule has 9 heteroatoms. The molecule has 1 heterocycles. The molecule has 3 rings (SSSR count). The number of ether oxygens (including phenoxy) is 5. The van der Waals surface area contributed by atoms with Gasteiger partial charge in [-0.1, -0.05) is 0 Å². The summed E-state index contributed by atoms with van der Waals surface area (Å²) < 4.78 is 28.6. The van der Waals surface area contributed by atoms with E-state index in [0.717, 1.165) is 26.5 Å². The monoisotopic (exact) mass is 489 g/mol. The maximum Gasteiger partial charge on any atom is 0.124 e. The number of aromatic nitrogens is 1. The summed E-state index contributed by atoms with van der Waals surface area (Å²) in [7, 11) is 4.07. The summed E-state index contributed by atoms with van der Waals surface area (Å²) >= 11 is 1.67. The minimum absolute atomic E-state index is 0.481. The molecule has 0 aliphatic rings. The number of anilines is 1. The lowest BCUT2D eigenvalue weighted by atomic mass is 10.2. The van der Waals surface area contributed by atoms with Gasteiger partial charge in [-0.3, -0.25) is 0 Å². The van der Waals surface area contributed by atoms with Crippen LogP contribution in [-0.2, 0) is 18.9 Å². The van der Waals surface area contributed by atoms with Crippen LogP contribution in [0.4, 0.5) is 5.69 Å². The van der Waals surface area contributed by atoms with Crippen molar-refractivity contribution < 1.29 is 23.7 Å². The first-order chi connectivity index (χ1) is 16.7. The number of hydrogen-bond acceptors (Lipinski definition) is 9. The van der Waals surface area contributed by atoms with Crippen LogP contribution in [0.15, 0.2) is 42.5 Å². The molecule has 2 aromatic carbocycles. The highest BCUT2D eigenvalue weighted by atomic mass is 32.1. The fraction of sp³-hybridized carbons (Fsp3) is 0.480. The molecule has 186 valence electrons. The standard InChI is InChI=1S/C25H35N3O5S/c1-28(2)21-5-3-20(4-6-21)25-27-23-8-7-22(19-24(23)34-25)33-18-17-32-16-15-31-14-13-30-12-11-29-10-9-26/h3-8,19H,9-18,26H2,1-2H3. The molecule has 0 aliphatic carbocycles. The van der Waals surface area contributed by atoms with Gasteiger partial charge in [0.05, 0.1) is 63.1 Å². The van der Waals surface area contributed by atoms with E-state index in [0.29, 0.717) is 66.0 Å². The van der Waals surface area contributed by atoms with E-state index in [-0.39, 0.29) is 0 Å². The van der Waals surface area contributed by atoms with E-state index in [1.54, 1.807) is 11.3 Å². The fourth-order valence-electron chi connectivity index (χ4n) is 3.08. The van der Waals surface area contributed by atoms with E-state index in [4.69, 9.17) is 34.4 Å². The number of nitrogens with two attached hydrogens (primary N) is 1. The lowest BCUT2D eigenvalue weighted by Gasteiger charge is -2.11. The van der Waals surface area contributed by atoms with Crippen molar-refractivity contribution in [3.05, 3.63) is 42.5 Å². The molecule has 0 saturated heterocycles. The molecule has 0 bridgehead atoms. The van der Waals surface area contributed by atoms with Crippen molar-refractivity contribution in [2.75, 3.05) is 85.0 Å². The molecule has 0 aliphatic heterocycles. The van der Waals surface area contributed by atoms with E-state index in [2.05, 4.69) is 29.2 Å². The minimum atomic E-state index is 0.481. The van der Waals surface area contributed by atoms with E-state index in [1.807, 2.05) is 32.3 Å². The Hall–Kier alpha value is -2.27. The van der Waals surface area contributed by atoms with E-state index >= 15 is 0 Å². The third kappa shape index (κ3) is 8.83. The molecule has 0 atom stereocenters. The molecule has 2 N–H and O–H groups in total. The van der Waals surface area contributed by atoms with Gasteiger partial charge in [0, 0.05) is 31.9 Å². The molecule has 3 aromatic rings. The average molecular weight is 490 g/mol. The van der Waals surface area contributed by atoms with Gasteiger partial charge < -0.3 is 34.3 Å². The van der Waals surface area contributed by atoms with Crippen molar-refractivity contribution in [2.45, 2.75) is 0 Å². The average Bonchev–Trinajstić information content (AvgIpc) is 3.28. The maximum absolute atomic E-state index is 5.84. The Morgan fingerprint density at radius 1 is 0.765 bits per heavy atom. The highest BCUT2D eigenvalue weighted by Gasteiger charge is 2.08. The second kappa shape index (κ2) is 14.9. The smallest absolute Gasteiger partial charge is 0.124 e. The summed E-state index contributed by atoms with van der Waals surface area (Å²) in [6.45, 7) is 5.31. The minimum Gasteiger partial charge on any atom is -0.491 e. The number of rotatable bonds is 17. The Labute approximate surface area is 205 Å². The molecule has 1 aromatic heterocycles. The zero-order chi connectivity index (χ0) is 24.0. The molecule has 0 amide bonds. The van der Waals surface area contributed by atoms with Crippen LogP contribution < -0.4 is 15.4 Å². The van der Waals surface area contributed by atoms with Crippen LogP contribution in [0.3, 0.4) is 0 Å². The third-order valence-corrected chi connectivity index (χ3v) is 5.93. The van der Waals surface area contributed by atoms with Crippen molar-refractivity contribution in [3.8, 4) is 16.3 Å². The van der Waals surface area contributed by atoms with Gasteiger partial charge in [-0.15, -0.1) is 11.3 Å². The second-order valence-corrected chi connectivity index (χ2v) is 8.71. The molecule has 0 radical (unpaired) electrons. The number of fused-ring (bicyclic) bond motifs is 1. The van der Waals surface area contributed by atoms with Crippen LogP contribution in [0.1, 0.15) is 0 Å². The number of nitrogens with zero attached hydrogens (tertiary/aromatic N) is 2. The number of benzene rings is 2. The van der Waals surface area contributed by atoms with Gasteiger partial charge in [-0.2, -0.15) is 0 Å². The molecular weight excluding hydrogens is 454 g/mol. The van der Waals surface area contributed by atoms with Crippen molar-refractivity contribution in [2.24, 2.45) is 5.73 Å². The van der Waals surface area contributed by atoms with Crippen molar-refractivity contribution >= 4 is 27.2 Å². The van der Waals surface area contributed by atoms with Gasteiger partial charge in [0.2, 0.25) is 0 Å². The van der Waals surface area contributed by atoms with Crippen molar-refractivity contribution in [1.29, 1.82) is 0 Å². The molecule has 0 spiro atoms. The predicted molar refractivity (Wildman–Crippen MR) is 137 cm³/mol. The summed E-state index contributed by atoms with van der Waals surface area (Å²) in [4.78, 5) is 6.85. The molecule has 34 heavy (non-hydrogen) atoms. The number of thiazole rings is 1. The molecule has 8 nitrogen and oxygen atoms in total. The van der Waals surface area contributed by atoms with E-state index in [9.17, 15) is 0 Å². The van der Waals surface area contributed by atoms with E-state index in [1.165, 1.54) is 5.69 Å². The third-order valence-electron chi connectivity index (χ3n) is 4.87. The van der Waals surface area contributed by atoms with Crippen LogP contribution >= 0.6 is 11.3 Å². The summed E-state index contributed by atoms with van der Waals surface area (Å²) in [5.41, 5.74) is 8.60. The van der Waals surface area contributed by atoms with Gasteiger partial charge in [0.1, 0.15) is 17.4 Å². The molecular formula is C25H35N3O5S. The van der Waals surface area contributed by atoms with Gasteiger partial charge >= 0.3 is 0 Å². The van der Waals surface area contributed by atoms with Crippen LogP contribution in [0.25, 0.3) is 20.8 Å². The first kappa shape index (κ1) is 26.3. The highest BCUT2D eigenvalue weighted by molar-refractivity contribution is 7.21. The van der Waals surface area contributed by atoms with E-state index < -0.39 is 0 Å².